The number of halogens is 2. The van der Waals surface area contributed by atoms with Gasteiger partial charge in [0.2, 0.25) is 4.96 Å². The lowest BCUT2D eigenvalue weighted by atomic mass is 10.0. The molecule has 1 N–H and O–H groups in total. The Bertz CT molecular complexity index is 1200. The highest BCUT2D eigenvalue weighted by Gasteiger charge is 2.32. The van der Waals surface area contributed by atoms with Crippen LogP contribution >= 0.6 is 22.9 Å². The van der Waals surface area contributed by atoms with Gasteiger partial charge in [-0.05, 0) is 48.9 Å². The summed E-state index contributed by atoms with van der Waals surface area (Å²) in [5.74, 6) is 0.439. The van der Waals surface area contributed by atoms with E-state index in [1.54, 1.807) is 4.52 Å². The summed E-state index contributed by atoms with van der Waals surface area (Å²) < 4.78 is 15.0. The van der Waals surface area contributed by atoms with Gasteiger partial charge in [0.1, 0.15) is 17.3 Å². The second kappa shape index (κ2) is 8.11. The minimum Gasteiger partial charge on any atom is -0.498 e. The molecular weight excluding hydrogens is 437 g/mol. The number of aryl methyl sites for hydroxylation is 1. The molecule has 1 unspecified atom stereocenters. The van der Waals surface area contributed by atoms with Crippen LogP contribution in [-0.4, -0.2) is 50.8 Å². The number of fused-ring (bicyclic) bond motifs is 1. The van der Waals surface area contributed by atoms with Gasteiger partial charge in [-0.15, -0.1) is 0 Å². The quantitative estimate of drug-likeness (QED) is 0.488. The molecule has 1 saturated heterocycles. The first kappa shape index (κ1) is 20.2. The highest BCUT2D eigenvalue weighted by Crippen LogP contribution is 2.40. The first-order chi connectivity index (χ1) is 15.0. The van der Waals surface area contributed by atoms with Crippen LogP contribution in [0.1, 0.15) is 23.1 Å². The number of aromatic nitrogens is 3. The van der Waals surface area contributed by atoms with E-state index in [-0.39, 0.29) is 16.9 Å². The van der Waals surface area contributed by atoms with Crippen LogP contribution < -0.4 is 4.90 Å². The molecule has 31 heavy (non-hydrogen) atoms. The molecular formula is C22H21ClFN5OS. The molecule has 1 fully saturated rings. The molecule has 2 aromatic heterocycles. The zero-order valence-corrected chi connectivity index (χ0v) is 18.4. The molecule has 160 valence electrons. The summed E-state index contributed by atoms with van der Waals surface area (Å²) in [5, 5.41) is 16.2. The molecule has 0 spiro atoms. The van der Waals surface area contributed by atoms with E-state index in [0.717, 1.165) is 43.1 Å². The Balaban J connectivity index is 1.49. The van der Waals surface area contributed by atoms with Crippen LogP contribution in [0.2, 0.25) is 5.02 Å². The smallest absolute Gasteiger partial charge is 0.215 e. The van der Waals surface area contributed by atoms with Crippen LogP contribution in [-0.2, 0) is 0 Å². The van der Waals surface area contributed by atoms with E-state index >= 15 is 0 Å². The highest BCUT2D eigenvalue weighted by atomic mass is 35.5. The molecule has 0 bridgehead atoms. The highest BCUT2D eigenvalue weighted by molar-refractivity contribution is 7.18. The molecule has 0 amide bonds. The Morgan fingerprint density at radius 1 is 1.03 bits per heavy atom. The van der Waals surface area contributed by atoms with Gasteiger partial charge >= 0.3 is 0 Å². The largest absolute Gasteiger partial charge is 0.498 e. The second-order valence-corrected chi connectivity index (χ2v) is 8.99. The SMILES string of the molecule is Cc1nc2sc(O)c(C(c3ccc(Cl)cc3)N3CCN(c4ccc(F)cc4)CC3)n2n1. The predicted molar refractivity (Wildman–Crippen MR) is 121 cm³/mol. The van der Waals surface area contributed by atoms with Gasteiger partial charge < -0.3 is 10.0 Å². The van der Waals surface area contributed by atoms with Crippen molar-refractivity contribution in [1.82, 2.24) is 19.5 Å². The fourth-order valence-corrected chi connectivity index (χ4v) is 5.16. The fraction of sp³-hybridized carbons (Fsp3) is 0.273. The summed E-state index contributed by atoms with van der Waals surface area (Å²) >= 11 is 7.37. The third-order valence-electron chi connectivity index (χ3n) is 5.63. The van der Waals surface area contributed by atoms with Crippen molar-refractivity contribution in [3.05, 3.63) is 76.5 Å². The van der Waals surface area contributed by atoms with Crippen LogP contribution in [0.15, 0.2) is 48.5 Å². The lowest BCUT2D eigenvalue weighted by Crippen LogP contribution is -2.48. The van der Waals surface area contributed by atoms with Crippen molar-refractivity contribution < 1.29 is 9.50 Å². The molecule has 3 heterocycles. The number of thiazole rings is 1. The Morgan fingerprint density at radius 2 is 1.71 bits per heavy atom. The number of nitrogens with zero attached hydrogens (tertiary/aromatic N) is 5. The zero-order valence-electron chi connectivity index (χ0n) is 16.9. The van der Waals surface area contributed by atoms with Crippen molar-refractivity contribution in [2.75, 3.05) is 31.1 Å². The van der Waals surface area contributed by atoms with E-state index in [4.69, 9.17) is 11.6 Å². The van der Waals surface area contributed by atoms with Crippen LogP contribution in [0.5, 0.6) is 5.06 Å². The number of anilines is 1. The van der Waals surface area contributed by atoms with E-state index < -0.39 is 0 Å². The molecule has 9 heteroatoms. The van der Waals surface area contributed by atoms with E-state index in [0.29, 0.717) is 15.8 Å². The van der Waals surface area contributed by atoms with Gasteiger partial charge in [0.05, 0.1) is 6.04 Å². The summed E-state index contributed by atoms with van der Waals surface area (Å²) in [6.07, 6.45) is 0. The standard InChI is InChI=1S/C22H21ClFN5OS/c1-14-25-22-29(26-14)20(21(30)31-22)19(15-2-4-16(23)5-3-15)28-12-10-27(11-13-28)18-8-6-17(24)7-9-18/h2-9,19,30H,10-13H2,1H3. The van der Waals surface area contributed by atoms with Crippen molar-refractivity contribution in [2.24, 2.45) is 0 Å². The fourth-order valence-electron chi connectivity index (χ4n) is 4.16. The van der Waals surface area contributed by atoms with Crippen LogP contribution in [0.25, 0.3) is 4.96 Å². The summed E-state index contributed by atoms with van der Waals surface area (Å²) in [6.45, 7) is 4.98. The monoisotopic (exact) mass is 457 g/mol. The maximum atomic E-state index is 13.3. The zero-order chi connectivity index (χ0) is 21.5. The molecule has 0 saturated carbocycles. The summed E-state index contributed by atoms with van der Waals surface area (Å²) in [7, 11) is 0. The summed E-state index contributed by atoms with van der Waals surface area (Å²) in [4.78, 5) is 9.68. The van der Waals surface area contributed by atoms with Crippen molar-refractivity contribution in [3.63, 3.8) is 0 Å². The van der Waals surface area contributed by atoms with Crippen LogP contribution in [0, 0.1) is 12.7 Å². The molecule has 4 aromatic rings. The number of rotatable bonds is 4. The van der Waals surface area contributed by atoms with Crippen LogP contribution in [0.3, 0.4) is 0 Å². The molecule has 1 atom stereocenters. The topological polar surface area (TPSA) is 56.9 Å². The minimum atomic E-state index is -0.231. The lowest BCUT2D eigenvalue weighted by Gasteiger charge is -2.40. The molecule has 1 aliphatic rings. The average molecular weight is 458 g/mol. The first-order valence-corrected chi connectivity index (χ1v) is 11.2. The van der Waals surface area contributed by atoms with Crippen LogP contribution in [0.4, 0.5) is 10.1 Å². The number of aromatic hydroxyl groups is 1. The average Bonchev–Trinajstić information content (AvgIpc) is 3.26. The van der Waals surface area contributed by atoms with Gasteiger partial charge in [0, 0.05) is 36.9 Å². The second-order valence-electron chi connectivity index (χ2n) is 7.60. The molecule has 0 radical (unpaired) electrons. The predicted octanol–water partition coefficient (Wildman–Crippen LogP) is 4.51. The maximum absolute atomic E-state index is 13.3. The van der Waals surface area contributed by atoms with Gasteiger partial charge in [-0.25, -0.2) is 13.9 Å². The van der Waals surface area contributed by atoms with Gasteiger partial charge in [0.25, 0.3) is 0 Å². The van der Waals surface area contributed by atoms with Crippen molar-refractivity contribution in [2.45, 2.75) is 13.0 Å². The lowest BCUT2D eigenvalue weighted by molar-refractivity contribution is 0.205. The van der Waals surface area contributed by atoms with E-state index in [2.05, 4.69) is 19.9 Å². The first-order valence-electron chi connectivity index (χ1n) is 10.0. The van der Waals surface area contributed by atoms with Gasteiger partial charge in [-0.1, -0.05) is 35.1 Å². The number of benzene rings is 2. The van der Waals surface area contributed by atoms with Gasteiger partial charge in [-0.3, -0.25) is 4.90 Å². The van der Waals surface area contributed by atoms with Crippen molar-refractivity contribution in [1.29, 1.82) is 0 Å². The van der Waals surface area contributed by atoms with Gasteiger partial charge in [0.15, 0.2) is 5.06 Å². The Morgan fingerprint density at radius 3 is 2.39 bits per heavy atom. The normalized spacial score (nSPS) is 16.2. The number of hydrogen-bond donors (Lipinski definition) is 1. The number of piperazine rings is 1. The Labute approximate surface area is 188 Å². The third-order valence-corrected chi connectivity index (χ3v) is 6.74. The molecule has 5 rings (SSSR count). The third kappa shape index (κ3) is 3.86. The maximum Gasteiger partial charge on any atom is 0.215 e. The number of hydrogen-bond acceptors (Lipinski definition) is 6. The summed E-state index contributed by atoms with van der Waals surface area (Å²) in [6, 6.07) is 14.1. The molecule has 1 aliphatic heterocycles. The molecule has 6 nitrogen and oxygen atoms in total. The Hall–Kier alpha value is -2.68. The van der Waals surface area contributed by atoms with Crippen molar-refractivity contribution in [3.8, 4) is 5.06 Å². The minimum absolute atomic E-state index is 0.192. The Kier molecular flexibility index (Phi) is 5.29. The van der Waals surface area contributed by atoms with E-state index in [1.165, 1.54) is 23.5 Å². The molecule has 0 aliphatic carbocycles. The molecule has 2 aromatic carbocycles. The van der Waals surface area contributed by atoms with Crippen molar-refractivity contribution >= 4 is 33.6 Å². The van der Waals surface area contributed by atoms with E-state index in [9.17, 15) is 9.50 Å². The summed E-state index contributed by atoms with van der Waals surface area (Å²) in [5.41, 5.74) is 2.76. The van der Waals surface area contributed by atoms with Gasteiger partial charge in [-0.2, -0.15) is 5.10 Å². The van der Waals surface area contributed by atoms with E-state index in [1.807, 2.05) is 43.3 Å².